The molecule has 1 saturated heterocycles. The first-order valence-electron chi connectivity index (χ1n) is 8.55. The fourth-order valence-corrected chi connectivity index (χ4v) is 2.98. The number of benzene rings is 1. The first-order valence-corrected chi connectivity index (χ1v) is 8.55. The zero-order valence-electron chi connectivity index (χ0n) is 14.4. The Labute approximate surface area is 143 Å². The summed E-state index contributed by atoms with van der Waals surface area (Å²) in [6.45, 7) is 2.95. The van der Waals surface area contributed by atoms with Crippen LogP contribution in [0.3, 0.4) is 0 Å². The van der Waals surface area contributed by atoms with E-state index in [0.717, 1.165) is 36.9 Å². The number of para-hydroxylation sites is 1. The molecule has 1 aliphatic rings. The fraction of sp³-hybridized carbons (Fsp3) is 0.474. The van der Waals surface area contributed by atoms with E-state index in [1.807, 2.05) is 55.4 Å². The molecule has 3 rings (SSSR count). The molecular weight excluding hydrogens is 302 g/mol. The van der Waals surface area contributed by atoms with Crippen molar-refractivity contribution in [2.24, 2.45) is 0 Å². The van der Waals surface area contributed by atoms with Gasteiger partial charge >= 0.3 is 0 Å². The van der Waals surface area contributed by atoms with Gasteiger partial charge in [-0.25, -0.2) is 4.98 Å². The molecule has 0 radical (unpaired) electrons. The summed E-state index contributed by atoms with van der Waals surface area (Å²) in [5.41, 5.74) is 1.36. The van der Waals surface area contributed by atoms with Gasteiger partial charge in [-0.3, -0.25) is 4.79 Å². The summed E-state index contributed by atoms with van der Waals surface area (Å²) in [6.07, 6.45) is 2.25. The molecule has 1 atom stereocenters. The molecule has 5 nitrogen and oxygen atoms in total. The van der Waals surface area contributed by atoms with Crippen molar-refractivity contribution in [1.82, 2.24) is 14.8 Å². The largest absolute Gasteiger partial charge is 0.376 e. The number of pyridine rings is 1. The van der Waals surface area contributed by atoms with Gasteiger partial charge in [0.15, 0.2) is 0 Å². The number of nitrogens with zero attached hydrogens (tertiary/aromatic N) is 3. The second kappa shape index (κ2) is 7.73. The smallest absolute Gasteiger partial charge is 0.272 e. The molecule has 0 bridgehead atoms. The van der Waals surface area contributed by atoms with Gasteiger partial charge in [-0.1, -0.05) is 24.3 Å². The highest BCUT2D eigenvalue weighted by molar-refractivity contribution is 5.94. The lowest BCUT2D eigenvalue weighted by Gasteiger charge is -2.26. The molecule has 2 heterocycles. The van der Waals surface area contributed by atoms with Crippen LogP contribution in [0.15, 0.2) is 36.4 Å². The summed E-state index contributed by atoms with van der Waals surface area (Å²) >= 11 is 0. The van der Waals surface area contributed by atoms with Crippen LogP contribution in [0.2, 0.25) is 0 Å². The maximum atomic E-state index is 13.0. The minimum absolute atomic E-state index is 0.0156. The molecule has 0 saturated carbocycles. The van der Waals surface area contributed by atoms with Crippen LogP contribution in [0.5, 0.6) is 0 Å². The van der Waals surface area contributed by atoms with E-state index in [2.05, 4.69) is 9.88 Å². The Morgan fingerprint density at radius 3 is 2.79 bits per heavy atom. The van der Waals surface area contributed by atoms with Crippen LogP contribution >= 0.6 is 0 Å². The average molecular weight is 327 g/mol. The summed E-state index contributed by atoms with van der Waals surface area (Å²) in [7, 11) is 4.03. The molecule has 1 aromatic carbocycles. The molecule has 0 N–H and O–H groups in total. The molecule has 1 amide bonds. The van der Waals surface area contributed by atoms with Crippen molar-refractivity contribution >= 4 is 16.8 Å². The van der Waals surface area contributed by atoms with E-state index in [1.54, 1.807) is 0 Å². The molecule has 2 aromatic rings. The minimum atomic E-state index is -0.0156. The second-order valence-electron chi connectivity index (χ2n) is 6.58. The van der Waals surface area contributed by atoms with Crippen LogP contribution < -0.4 is 0 Å². The second-order valence-corrected chi connectivity index (χ2v) is 6.58. The van der Waals surface area contributed by atoms with Gasteiger partial charge < -0.3 is 14.5 Å². The van der Waals surface area contributed by atoms with Crippen LogP contribution in [-0.2, 0) is 4.74 Å². The quantitative estimate of drug-likeness (QED) is 0.817. The Morgan fingerprint density at radius 2 is 2.04 bits per heavy atom. The third kappa shape index (κ3) is 4.10. The van der Waals surface area contributed by atoms with Gasteiger partial charge in [-0.2, -0.15) is 0 Å². The third-order valence-corrected chi connectivity index (χ3v) is 4.37. The van der Waals surface area contributed by atoms with Gasteiger partial charge in [0.05, 0.1) is 11.6 Å². The van der Waals surface area contributed by atoms with Gasteiger partial charge in [-0.05, 0) is 39.1 Å². The van der Waals surface area contributed by atoms with Gasteiger partial charge in [0.25, 0.3) is 5.91 Å². The number of carbonyl (C=O) groups excluding carboxylic acids is 1. The van der Waals surface area contributed by atoms with Gasteiger partial charge in [0.2, 0.25) is 0 Å². The maximum absolute atomic E-state index is 13.0. The first-order chi connectivity index (χ1) is 11.6. The third-order valence-electron chi connectivity index (χ3n) is 4.37. The van der Waals surface area contributed by atoms with Crippen LogP contribution in [0.25, 0.3) is 10.9 Å². The van der Waals surface area contributed by atoms with E-state index in [-0.39, 0.29) is 12.0 Å². The lowest BCUT2D eigenvalue weighted by Crippen LogP contribution is -2.41. The first kappa shape index (κ1) is 16.9. The number of ether oxygens (including phenoxy) is 1. The van der Waals surface area contributed by atoms with Crippen molar-refractivity contribution in [2.75, 3.05) is 40.3 Å². The fourth-order valence-electron chi connectivity index (χ4n) is 2.98. The standard InChI is InChI=1S/C19H25N3O2/c1-21(2)11-12-22(14-16-7-5-13-24-16)19(23)18-10-9-15-6-3-4-8-17(15)20-18/h3-4,6,8-10,16H,5,7,11-14H2,1-2H3/t16-/m1/s1. The van der Waals surface area contributed by atoms with Crippen LogP contribution in [-0.4, -0.2) is 67.1 Å². The van der Waals surface area contributed by atoms with E-state index in [9.17, 15) is 4.79 Å². The highest BCUT2D eigenvalue weighted by atomic mass is 16.5. The van der Waals surface area contributed by atoms with Gasteiger partial charge in [0, 0.05) is 31.6 Å². The monoisotopic (exact) mass is 327 g/mol. The number of hydrogen-bond acceptors (Lipinski definition) is 4. The van der Waals surface area contributed by atoms with Crippen molar-refractivity contribution in [2.45, 2.75) is 18.9 Å². The summed E-state index contributed by atoms with van der Waals surface area (Å²) < 4.78 is 5.72. The molecule has 1 aromatic heterocycles. The molecule has 1 aliphatic heterocycles. The predicted molar refractivity (Wildman–Crippen MR) is 95.2 cm³/mol. The number of fused-ring (bicyclic) bond motifs is 1. The number of rotatable bonds is 6. The molecule has 0 unspecified atom stereocenters. The molecule has 24 heavy (non-hydrogen) atoms. The lowest BCUT2D eigenvalue weighted by atomic mass is 10.2. The molecular formula is C19H25N3O2. The highest BCUT2D eigenvalue weighted by Crippen LogP contribution is 2.16. The minimum Gasteiger partial charge on any atom is -0.376 e. The highest BCUT2D eigenvalue weighted by Gasteiger charge is 2.24. The van der Waals surface area contributed by atoms with Crippen LogP contribution in [0.4, 0.5) is 0 Å². The molecule has 0 spiro atoms. The molecule has 5 heteroatoms. The van der Waals surface area contributed by atoms with E-state index in [1.165, 1.54) is 0 Å². The Kier molecular flexibility index (Phi) is 5.43. The van der Waals surface area contributed by atoms with Crippen molar-refractivity contribution in [3.63, 3.8) is 0 Å². The van der Waals surface area contributed by atoms with Gasteiger partial charge in [0.1, 0.15) is 5.69 Å². The van der Waals surface area contributed by atoms with E-state index >= 15 is 0 Å². The van der Waals surface area contributed by atoms with Crippen LogP contribution in [0.1, 0.15) is 23.3 Å². The Hall–Kier alpha value is -1.98. The zero-order chi connectivity index (χ0) is 16.9. The Balaban J connectivity index is 1.79. The van der Waals surface area contributed by atoms with Crippen LogP contribution in [0, 0.1) is 0 Å². The molecule has 128 valence electrons. The molecule has 0 aliphatic carbocycles. The van der Waals surface area contributed by atoms with E-state index in [0.29, 0.717) is 18.8 Å². The maximum Gasteiger partial charge on any atom is 0.272 e. The summed E-state index contributed by atoms with van der Waals surface area (Å²) in [5, 5.41) is 1.05. The number of hydrogen-bond donors (Lipinski definition) is 0. The topological polar surface area (TPSA) is 45.7 Å². The van der Waals surface area contributed by atoms with Crippen molar-refractivity contribution in [3.8, 4) is 0 Å². The number of aromatic nitrogens is 1. The molecule has 1 fully saturated rings. The predicted octanol–water partition coefficient (Wildman–Crippen LogP) is 2.42. The van der Waals surface area contributed by atoms with E-state index in [4.69, 9.17) is 4.74 Å². The number of carbonyl (C=O) groups is 1. The number of amides is 1. The normalized spacial score (nSPS) is 17.5. The summed E-state index contributed by atoms with van der Waals surface area (Å²) in [4.78, 5) is 21.5. The van der Waals surface area contributed by atoms with Gasteiger partial charge in [-0.15, -0.1) is 0 Å². The average Bonchev–Trinajstić information content (AvgIpc) is 3.10. The SMILES string of the molecule is CN(C)CCN(C[C@H]1CCCO1)C(=O)c1ccc2ccccc2n1. The zero-order valence-corrected chi connectivity index (χ0v) is 14.4. The Morgan fingerprint density at radius 1 is 1.21 bits per heavy atom. The summed E-state index contributed by atoms with van der Waals surface area (Å²) in [5.74, 6) is -0.0156. The summed E-state index contributed by atoms with van der Waals surface area (Å²) in [6, 6.07) is 11.7. The van der Waals surface area contributed by atoms with E-state index < -0.39 is 0 Å². The number of likely N-dealkylation sites (N-methyl/N-ethyl adjacent to an activating group) is 1. The van der Waals surface area contributed by atoms with Crippen molar-refractivity contribution < 1.29 is 9.53 Å². The lowest BCUT2D eigenvalue weighted by molar-refractivity contribution is 0.0508. The van der Waals surface area contributed by atoms with Crippen molar-refractivity contribution in [3.05, 3.63) is 42.1 Å². The van der Waals surface area contributed by atoms with Crippen molar-refractivity contribution in [1.29, 1.82) is 0 Å². The Bertz CT molecular complexity index is 696.